The second kappa shape index (κ2) is 8.09. The van der Waals surface area contributed by atoms with Gasteiger partial charge < -0.3 is 13.7 Å². The van der Waals surface area contributed by atoms with Gasteiger partial charge in [0, 0.05) is 6.07 Å². The number of ether oxygens (including phenoxy) is 1. The first kappa shape index (κ1) is 20.8. The van der Waals surface area contributed by atoms with Crippen LogP contribution in [0.15, 0.2) is 74.9 Å². The number of aryl methyl sites for hydroxylation is 2. The fourth-order valence-electron chi connectivity index (χ4n) is 4.19. The molecule has 166 valence electrons. The van der Waals surface area contributed by atoms with E-state index < -0.39 is 11.9 Å². The van der Waals surface area contributed by atoms with Gasteiger partial charge >= 0.3 is 0 Å². The van der Waals surface area contributed by atoms with E-state index in [-0.39, 0.29) is 16.8 Å². The van der Waals surface area contributed by atoms with Crippen LogP contribution in [0.1, 0.15) is 46.0 Å². The van der Waals surface area contributed by atoms with Crippen molar-refractivity contribution in [2.45, 2.75) is 26.3 Å². The van der Waals surface area contributed by atoms with E-state index in [9.17, 15) is 9.59 Å². The summed E-state index contributed by atoms with van der Waals surface area (Å²) in [4.78, 5) is 28.7. The predicted molar refractivity (Wildman–Crippen MR) is 124 cm³/mol. The number of hydrogen-bond acceptors (Lipinski definition) is 6. The molecule has 0 unspecified atom stereocenters. The van der Waals surface area contributed by atoms with Gasteiger partial charge in [-0.2, -0.15) is 0 Å². The summed E-state index contributed by atoms with van der Waals surface area (Å²) in [5, 5.41) is 4.49. The van der Waals surface area contributed by atoms with Gasteiger partial charge in [-0.3, -0.25) is 14.5 Å². The van der Waals surface area contributed by atoms with Crippen LogP contribution < -0.4 is 15.1 Å². The monoisotopic (exact) mass is 442 g/mol. The normalized spacial score (nSPS) is 15.2. The lowest BCUT2D eigenvalue weighted by Gasteiger charge is -2.22. The molecule has 5 rings (SSSR count). The van der Waals surface area contributed by atoms with Crippen LogP contribution in [0.3, 0.4) is 0 Å². The Kier molecular flexibility index (Phi) is 5.09. The van der Waals surface area contributed by atoms with Gasteiger partial charge in [-0.15, -0.1) is 0 Å². The van der Waals surface area contributed by atoms with E-state index >= 15 is 0 Å². The summed E-state index contributed by atoms with van der Waals surface area (Å²) in [6.45, 7) is 7.77. The average molecular weight is 442 g/mol. The molecule has 1 atom stereocenters. The summed E-state index contributed by atoms with van der Waals surface area (Å²) in [6, 6.07) is 13.7. The molecule has 0 saturated heterocycles. The summed E-state index contributed by atoms with van der Waals surface area (Å²) in [5.41, 5.74) is 2.13. The van der Waals surface area contributed by atoms with Gasteiger partial charge in [0.25, 0.3) is 5.91 Å². The molecule has 0 saturated carbocycles. The zero-order chi connectivity index (χ0) is 23.1. The van der Waals surface area contributed by atoms with Crippen LogP contribution in [0.2, 0.25) is 0 Å². The second-order valence-corrected chi connectivity index (χ2v) is 7.90. The van der Waals surface area contributed by atoms with Crippen LogP contribution in [-0.2, 0) is 6.42 Å². The summed E-state index contributed by atoms with van der Waals surface area (Å²) in [7, 11) is 0. The molecular weight excluding hydrogens is 420 g/mol. The number of benzene rings is 2. The van der Waals surface area contributed by atoms with E-state index in [1.54, 1.807) is 25.1 Å². The standard InChI is InChI=1S/C26H22N2O5/c1-4-11-31-18-8-6-7-17(14-18)23-22-24(29)19-13-16(5-2)9-10-20(19)32-25(22)26(30)28(23)21-12-15(3)33-27-21/h4,6-10,12-14,23H,1,5,11H2,2-3H3/t23-/m1/s1. The van der Waals surface area contributed by atoms with Crippen molar-refractivity contribution in [1.82, 2.24) is 5.16 Å². The maximum absolute atomic E-state index is 13.7. The van der Waals surface area contributed by atoms with Crippen LogP contribution >= 0.6 is 0 Å². The SMILES string of the molecule is C=CCOc1cccc([C@@H]2c3c(oc4ccc(CC)cc4c3=O)C(=O)N2c2cc(C)on2)c1. The van der Waals surface area contributed by atoms with Crippen molar-refractivity contribution in [3.63, 3.8) is 0 Å². The van der Waals surface area contributed by atoms with Crippen LogP contribution in [-0.4, -0.2) is 17.7 Å². The molecular formula is C26H22N2O5. The number of carbonyl (C=O) groups is 1. The molecule has 7 heteroatoms. The Labute approximate surface area is 189 Å². The van der Waals surface area contributed by atoms with E-state index in [4.69, 9.17) is 13.7 Å². The summed E-state index contributed by atoms with van der Waals surface area (Å²) < 4.78 is 16.9. The Morgan fingerprint density at radius 2 is 2.03 bits per heavy atom. The van der Waals surface area contributed by atoms with Gasteiger partial charge in [0.15, 0.2) is 11.2 Å². The van der Waals surface area contributed by atoms with Crippen LogP contribution in [0, 0.1) is 6.92 Å². The third-order valence-electron chi connectivity index (χ3n) is 5.75. The van der Waals surface area contributed by atoms with Crippen molar-refractivity contribution in [1.29, 1.82) is 0 Å². The third-order valence-corrected chi connectivity index (χ3v) is 5.75. The first-order valence-corrected chi connectivity index (χ1v) is 10.7. The molecule has 3 heterocycles. The lowest BCUT2D eigenvalue weighted by Crippen LogP contribution is -2.29. The molecule has 0 radical (unpaired) electrons. The Balaban J connectivity index is 1.76. The predicted octanol–water partition coefficient (Wildman–Crippen LogP) is 4.97. The average Bonchev–Trinajstić information content (AvgIpc) is 3.38. The number of carbonyl (C=O) groups excluding carboxylic acids is 1. The lowest BCUT2D eigenvalue weighted by atomic mass is 9.97. The zero-order valence-electron chi connectivity index (χ0n) is 18.3. The molecule has 0 N–H and O–H groups in total. The number of anilines is 1. The topological polar surface area (TPSA) is 85.8 Å². The van der Waals surface area contributed by atoms with Crippen molar-refractivity contribution in [2.24, 2.45) is 0 Å². The summed E-state index contributed by atoms with van der Waals surface area (Å²) in [5.74, 6) is 1.03. The minimum absolute atomic E-state index is 0.0137. The molecule has 0 aliphatic carbocycles. The smallest absolute Gasteiger partial charge is 0.296 e. The van der Waals surface area contributed by atoms with Gasteiger partial charge in [-0.05, 0) is 48.7 Å². The first-order chi connectivity index (χ1) is 16.0. The van der Waals surface area contributed by atoms with Gasteiger partial charge in [-0.1, -0.05) is 42.9 Å². The van der Waals surface area contributed by atoms with E-state index in [1.807, 2.05) is 43.3 Å². The van der Waals surface area contributed by atoms with Gasteiger partial charge in [0.2, 0.25) is 5.76 Å². The lowest BCUT2D eigenvalue weighted by molar-refractivity contribution is 0.0969. The fraction of sp³-hybridized carbons (Fsp3) is 0.192. The van der Waals surface area contributed by atoms with Crippen molar-refractivity contribution in [3.05, 3.63) is 99.6 Å². The van der Waals surface area contributed by atoms with Crippen LogP contribution in [0.5, 0.6) is 5.75 Å². The van der Waals surface area contributed by atoms with Gasteiger partial charge in [-0.25, -0.2) is 0 Å². The van der Waals surface area contributed by atoms with E-state index in [2.05, 4.69) is 11.7 Å². The molecule has 0 fully saturated rings. The highest BCUT2D eigenvalue weighted by molar-refractivity contribution is 6.10. The molecule has 2 aromatic heterocycles. The number of rotatable bonds is 6. The number of fused-ring (bicyclic) bond motifs is 2. The first-order valence-electron chi connectivity index (χ1n) is 10.7. The third kappa shape index (κ3) is 3.42. The Morgan fingerprint density at radius 3 is 2.76 bits per heavy atom. The van der Waals surface area contributed by atoms with Crippen molar-refractivity contribution >= 4 is 22.7 Å². The minimum Gasteiger partial charge on any atom is -0.490 e. The van der Waals surface area contributed by atoms with Gasteiger partial charge in [0.05, 0.1) is 17.0 Å². The maximum atomic E-state index is 13.7. The second-order valence-electron chi connectivity index (χ2n) is 7.90. The number of hydrogen-bond donors (Lipinski definition) is 0. The number of amides is 1. The molecule has 1 aliphatic rings. The molecule has 0 bridgehead atoms. The Bertz CT molecular complexity index is 1450. The number of aromatic nitrogens is 1. The quantitative estimate of drug-likeness (QED) is 0.392. The van der Waals surface area contributed by atoms with E-state index in [0.717, 1.165) is 12.0 Å². The molecule has 4 aromatic rings. The fourth-order valence-corrected chi connectivity index (χ4v) is 4.19. The molecule has 7 nitrogen and oxygen atoms in total. The Hall–Kier alpha value is -4.13. The van der Waals surface area contributed by atoms with Crippen LogP contribution in [0.4, 0.5) is 5.82 Å². The van der Waals surface area contributed by atoms with Crippen molar-refractivity contribution < 1.29 is 18.5 Å². The highest BCUT2D eigenvalue weighted by Gasteiger charge is 2.45. The summed E-state index contributed by atoms with van der Waals surface area (Å²) in [6.07, 6.45) is 2.43. The molecule has 2 aromatic carbocycles. The largest absolute Gasteiger partial charge is 0.490 e. The zero-order valence-corrected chi connectivity index (χ0v) is 18.3. The summed E-state index contributed by atoms with van der Waals surface area (Å²) >= 11 is 0. The van der Waals surface area contributed by atoms with Gasteiger partial charge in [0.1, 0.15) is 23.7 Å². The maximum Gasteiger partial charge on any atom is 0.296 e. The van der Waals surface area contributed by atoms with Crippen LogP contribution in [0.25, 0.3) is 11.0 Å². The molecule has 1 aliphatic heterocycles. The Morgan fingerprint density at radius 1 is 1.18 bits per heavy atom. The minimum atomic E-state index is -0.741. The van der Waals surface area contributed by atoms with E-state index in [1.165, 1.54) is 4.90 Å². The van der Waals surface area contributed by atoms with E-state index in [0.29, 0.717) is 40.5 Å². The highest BCUT2D eigenvalue weighted by Crippen LogP contribution is 2.41. The highest BCUT2D eigenvalue weighted by atomic mass is 16.5. The molecule has 33 heavy (non-hydrogen) atoms. The van der Waals surface area contributed by atoms with Crippen molar-refractivity contribution in [2.75, 3.05) is 11.5 Å². The molecule has 1 amide bonds. The van der Waals surface area contributed by atoms with Crippen molar-refractivity contribution in [3.8, 4) is 5.75 Å². The number of nitrogens with zero attached hydrogens (tertiary/aromatic N) is 2. The molecule has 0 spiro atoms.